The van der Waals surface area contributed by atoms with E-state index in [2.05, 4.69) is 0 Å². The molecule has 2 aliphatic heterocycles. The van der Waals surface area contributed by atoms with Crippen molar-refractivity contribution >= 4 is 29.1 Å². The average molecular weight is 457 g/mol. The molecule has 0 spiro atoms. The second kappa shape index (κ2) is 8.40. The summed E-state index contributed by atoms with van der Waals surface area (Å²) in [5.41, 5.74) is 1.88. The number of nitrogens with zero attached hydrogens (tertiary/aromatic N) is 1. The molecule has 2 heterocycles. The Balaban J connectivity index is 1.63. The fourth-order valence-corrected chi connectivity index (χ4v) is 4.20. The standard InChI is InChI=1S/C26H19NO7/c28-21(29)12-15-6-9-18(10-7-15)27-23(16-4-2-1-3-5-16)22(25(31)26(27)32)24(30)17-8-11-19-20(13-17)34-14-33-19/h1-11,13,23,30H,12,14H2,(H,28,29)/b24-22-. The number of carboxylic acid groups (broad SMARTS) is 1. The Labute approximate surface area is 194 Å². The van der Waals surface area contributed by atoms with Gasteiger partial charge in [-0.15, -0.1) is 0 Å². The summed E-state index contributed by atoms with van der Waals surface area (Å²) in [5, 5.41) is 20.2. The van der Waals surface area contributed by atoms with Gasteiger partial charge < -0.3 is 19.7 Å². The second-order valence-electron chi connectivity index (χ2n) is 7.88. The van der Waals surface area contributed by atoms with E-state index in [4.69, 9.17) is 14.6 Å². The summed E-state index contributed by atoms with van der Waals surface area (Å²) in [5.74, 6) is -1.95. The van der Waals surface area contributed by atoms with Gasteiger partial charge in [0.2, 0.25) is 6.79 Å². The molecule has 8 heteroatoms. The Bertz CT molecular complexity index is 1330. The van der Waals surface area contributed by atoms with Gasteiger partial charge >= 0.3 is 5.97 Å². The lowest BCUT2D eigenvalue weighted by Crippen LogP contribution is -2.29. The summed E-state index contributed by atoms with van der Waals surface area (Å²) in [4.78, 5) is 38.7. The van der Waals surface area contributed by atoms with Crippen LogP contribution in [-0.4, -0.2) is 34.7 Å². The lowest BCUT2D eigenvalue weighted by molar-refractivity contribution is -0.136. The van der Waals surface area contributed by atoms with E-state index in [9.17, 15) is 19.5 Å². The predicted molar refractivity (Wildman–Crippen MR) is 122 cm³/mol. The van der Waals surface area contributed by atoms with Gasteiger partial charge in [-0.1, -0.05) is 42.5 Å². The van der Waals surface area contributed by atoms with Crippen LogP contribution in [0.2, 0.25) is 0 Å². The van der Waals surface area contributed by atoms with E-state index in [1.807, 2.05) is 6.07 Å². The van der Waals surface area contributed by atoms with Gasteiger partial charge in [-0.3, -0.25) is 19.3 Å². The smallest absolute Gasteiger partial charge is 0.307 e. The minimum absolute atomic E-state index is 0.0512. The van der Waals surface area contributed by atoms with E-state index in [1.54, 1.807) is 66.7 Å². The molecule has 0 radical (unpaired) electrons. The fraction of sp³-hybridized carbons (Fsp3) is 0.115. The number of aliphatic hydroxyl groups excluding tert-OH is 1. The van der Waals surface area contributed by atoms with Crippen LogP contribution in [0.4, 0.5) is 5.69 Å². The zero-order chi connectivity index (χ0) is 23.8. The van der Waals surface area contributed by atoms with Gasteiger partial charge in [0.05, 0.1) is 18.0 Å². The largest absolute Gasteiger partial charge is 0.507 e. The van der Waals surface area contributed by atoms with Crippen molar-refractivity contribution in [2.75, 3.05) is 11.7 Å². The molecular weight excluding hydrogens is 438 g/mol. The molecule has 1 atom stereocenters. The highest BCUT2D eigenvalue weighted by molar-refractivity contribution is 6.51. The number of amides is 1. The van der Waals surface area contributed by atoms with Crippen LogP contribution in [0.25, 0.3) is 5.76 Å². The number of Topliss-reactive ketones (excluding diaryl/α,β-unsaturated/α-hetero) is 1. The number of carbonyl (C=O) groups excluding carboxylic acids is 2. The minimum atomic E-state index is -0.971. The molecule has 3 aromatic rings. The number of hydrogen-bond acceptors (Lipinski definition) is 6. The Hall–Kier alpha value is -4.59. The third kappa shape index (κ3) is 3.65. The third-order valence-corrected chi connectivity index (χ3v) is 5.78. The number of ketones is 1. The van der Waals surface area contributed by atoms with E-state index < -0.39 is 23.7 Å². The molecule has 1 unspecified atom stereocenters. The monoisotopic (exact) mass is 457 g/mol. The van der Waals surface area contributed by atoms with Gasteiger partial charge in [0.15, 0.2) is 11.5 Å². The van der Waals surface area contributed by atoms with Crippen molar-refractivity contribution in [1.29, 1.82) is 0 Å². The number of ether oxygens (including phenoxy) is 2. The summed E-state index contributed by atoms with van der Waals surface area (Å²) in [6.07, 6.45) is -0.161. The minimum Gasteiger partial charge on any atom is -0.507 e. The molecule has 0 aromatic heterocycles. The van der Waals surface area contributed by atoms with Crippen molar-refractivity contribution in [2.45, 2.75) is 12.5 Å². The lowest BCUT2D eigenvalue weighted by Gasteiger charge is -2.25. The summed E-state index contributed by atoms with van der Waals surface area (Å²) in [7, 11) is 0. The van der Waals surface area contributed by atoms with Crippen LogP contribution in [0.5, 0.6) is 11.5 Å². The molecule has 8 nitrogen and oxygen atoms in total. The second-order valence-corrected chi connectivity index (χ2v) is 7.88. The predicted octanol–water partition coefficient (Wildman–Crippen LogP) is 3.67. The van der Waals surface area contributed by atoms with Crippen molar-refractivity contribution in [1.82, 2.24) is 0 Å². The van der Waals surface area contributed by atoms with Crippen molar-refractivity contribution in [3.63, 3.8) is 0 Å². The maximum Gasteiger partial charge on any atom is 0.307 e. The molecule has 1 saturated heterocycles. The number of carboxylic acids is 1. The molecule has 0 bridgehead atoms. The summed E-state index contributed by atoms with van der Waals surface area (Å²) in [6.45, 7) is 0.0613. The number of rotatable bonds is 5. The number of benzene rings is 3. The van der Waals surface area contributed by atoms with E-state index in [1.165, 1.54) is 4.90 Å². The van der Waals surface area contributed by atoms with Crippen LogP contribution in [-0.2, 0) is 20.8 Å². The molecule has 1 fully saturated rings. The third-order valence-electron chi connectivity index (χ3n) is 5.78. The van der Waals surface area contributed by atoms with E-state index >= 15 is 0 Å². The Morgan fingerprint density at radius 3 is 2.32 bits per heavy atom. The molecule has 0 aliphatic carbocycles. The van der Waals surface area contributed by atoms with Gasteiger partial charge in [0.1, 0.15) is 5.76 Å². The van der Waals surface area contributed by atoms with Crippen LogP contribution < -0.4 is 14.4 Å². The number of aliphatic hydroxyl groups is 1. The number of aliphatic carboxylic acids is 1. The van der Waals surface area contributed by atoms with Gasteiger partial charge in [-0.25, -0.2) is 0 Å². The first-order valence-electron chi connectivity index (χ1n) is 10.5. The number of anilines is 1. The first kappa shape index (κ1) is 21.3. The Morgan fingerprint density at radius 1 is 0.912 bits per heavy atom. The molecule has 1 amide bonds. The fourth-order valence-electron chi connectivity index (χ4n) is 4.20. The number of hydrogen-bond donors (Lipinski definition) is 2. The molecule has 0 saturated carbocycles. The van der Waals surface area contributed by atoms with Crippen LogP contribution in [0.1, 0.15) is 22.7 Å². The molecule has 2 N–H and O–H groups in total. The van der Waals surface area contributed by atoms with E-state index in [0.717, 1.165) is 0 Å². The lowest BCUT2D eigenvalue weighted by atomic mass is 9.95. The molecule has 170 valence electrons. The highest BCUT2D eigenvalue weighted by atomic mass is 16.7. The molecule has 3 aromatic carbocycles. The van der Waals surface area contributed by atoms with E-state index in [-0.39, 0.29) is 24.5 Å². The van der Waals surface area contributed by atoms with Crippen molar-refractivity contribution in [3.8, 4) is 11.5 Å². The maximum absolute atomic E-state index is 13.2. The van der Waals surface area contributed by atoms with Crippen molar-refractivity contribution in [2.24, 2.45) is 0 Å². The molecule has 34 heavy (non-hydrogen) atoms. The summed E-state index contributed by atoms with van der Waals surface area (Å²) < 4.78 is 10.7. The van der Waals surface area contributed by atoms with Crippen LogP contribution in [0.15, 0.2) is 78.4 Å². The van der Waals surface area contributed by atoms with Crippen molar-refractivity contribution < 1.29 is 34.1 Å². The summed E-state index contributed by atoms with van der Waals surface area (Å²) in [6, 6.07) is 19.2. The Kier molecular flexibility index (Phi) is 5.25. The van der Waals surface area contributed by atoms with Gasteiger partial charge in [0, 0.05) is 11.3 Å². The zero-order valence-corrected chi connectivity index (χ0v) is 17.8. The molecular formula is C26H19NO7. The topological polar surface area (TPSA) is 113 Å². The van der Waals surface area contributed by atoms with Crippen LogP contribution in [0.3, 0.4) is 0 Å². The number of carbonyl (C=O) groups is 3. The van der Waals surface area contributed by atoms with Crippen LogP contribution in [0, 0.1) is 0 Å². The van der Waals surface area contributed by atoms with Gasteiger partial charge in [-0.05, 0) is 41.5 Å². The normalized spacial score (nSPS) is 18.4. The van der Waals surface area contributed by atoms with E-state index in [0.29, 0.717) is 33.9 Å². The quantitative estimate of drug-likeness (QED) is 0.341. The molecule has 5 rings (SSSR count). The average Bonchev–Trinajstić information content (AvgIpc) is 3.41. The van der Waals surface area contributed by atoms with Gasteiger partial charge in [0.25, 0.3) is 11.7 Å². The first-order valence-corrected chi connectivity index (χ1v) is 10.5. The number of fused-ring (bicyclic) bond motifs is 1. The first-order chi connectivity index (χ1) is 16.4. The summed E-state index contributed by atoms with van der Waals surface area (Å²) >= 11 is 0. The Morgan fingerprint density at radius 2 is 1.62 bits per heavy atom. The van der Waals surface area contributed by atoms with Crippen LogP contribution >= 0.6 is 0 Å². The zero-order valence-electron chi connectivity index (χ0n) is 17.8. The van der Waals surface area contributed by atoms with Gasteiger partial charge in [-0.2, -0.15) is 0 Å². The SMILES string of the molecule is O=C(O)Cc1ccc(N2C(=O)C(=O)/C(=C(\O)c3ccc4c(c3)OCO4)C2c2ccccc2)cc1. The highest BCUT2D eigenvalue weighted by Crippen LogP contribution is 2.43. The maximum atomic E-state index is 13.2. The molecule has 2 aliphatic rings. The highest BCUT2D eigenvalue weighted by Gasteiger charge is 2.47. The van der Waals surface area contributed by atoms with Crippen molar-refractivity contribution in [3.05, 3.63) is 95.1 Å².